The van der Waals surface area contributed by atoms with E-state index in [4.69, 9.17) is 16.6 Å². The Hall–Kier alpha value is -4.56. The van der Waals surface area contributed by atoms with E-state index in [1.54, 1.807) is 0 Å². The molecular weight excluding hydrogens is 560 g/mol. The first kappa shape index (κ1) is 27.3. The third-order valence-electron chi connectivity index (χ3n) is 8.76. The lowest BCUT2D eigenvalue weighted by Crippen LogP contribution is -2.40. The molecule has 0 spiro atoms. The van der Waals surface area contributed by atoms with Crippen LogP contribution in [0.1, 0.15) is 40.4 Å². The number of aryl methyl sites for hydroxylation is 1. The van der Waals surface area contributed by atoms with Gasteiger partial charge < -0.3 is 20.1 Å². The number of fused-ring (bicyclic) bond motifs is 2. The van der Waals surface area contributed by atoms with Gasteiger partial charge in [-0.05, 0) is 78.9 Å². The average Bonchev–Trinajstić information content (AvgIpc) is 3.38. The van der Waals surface area contributed by atoms with E-state index in [0.717, 1.165) is 71.2 Å². The van der Waals surface area contributed by atoms with Crippen LogP contribution in [0.15, 0.2) is 83.8 Å². The van der Waals surface area contributed by atoms with Crippen LogP contribution in [0.4, 0.5) is 11.5 Å². The zero-order valence-corrected chi connectivity index (χ0v) is 24.8. The van der Waals surface area contributed by atoms with Gasteiger partial charge in [0.15, 0.2) is 0 Å². The Bertz CT molecular complexity index is 1870. The first-order valence-corrected chi connectivity index (χ1v) is 15.2. The molecule has 7 rings (SSSR count). The topological polar surface area (TPSA) is 86.3 Å². The minimum atomic E-state index is -0.0864. The number of pyridine rings is 1. The number of aromatic amines is 1. The molecule has 0 unspecified atom stereocenters. The number of halogens is 1. The minimum Gasteiger partial charge on any atom is -0.367 e. The maximum absolute atomic E-state index is 13.4. The van der Waals surface area contributed by atoms with E-state index < -0.39 is 0 Å². The number of amides is 1. The van der Waals surface area contributed by atoms with Crippen LogP contribution in [0.25, 0.3) is 22.2 Å². The van der Waals surface area contributed by atoms with Gasteiger partial charge in [0.25, 0.3) is 5.91 Å². The number of rotatable bonds is 5. The first-order chi connectivity index (χ1) is 20.9. The van der Waals surface area contributed by atoms with Crippen molar-refractivity contribution in [1.29, 1.82) is 0 Å². The smallest absolute Gasteiger partial charge is 0.326 e. The number of carbonyl (C=O) groups is 1. The highest BCUT2D eigenvalue weighted by Gasteiger charge is 2.27. The van der Waals surface area contributed by atoms with Gasteiger partial charge in [0.1, 0.15) is 5.82 Å². The maximum Gasteiger partial charge on any atom is 0.326 e. The summed E-state index contributed by atoms with van der Waals surface area (Å²) in [5, 5.41) is 4.16. The predicted octanol–water partition coefficient (Wildman–Crippen LogP) is 6.26. The highest BCUT2D eigenvalue weighted by Crippen LogP contribution is 2.34. The molecule has 9 heteroatoms. The van der Waals surface area contributed by atoms with Crippen molar-refractivity contribution >= 4 is 40.0 Å². The van der Waals surface area contributed by atoms with Crippen LogP contribution in [0.3, 0.4) is 0 Å². The standard InChI is InChI=1S/C34H33ClN6O2/c1-22-6-11-27(35)18-26(22)21-40-17-14-36-32-31(40)19-25(20-37-32)23-7-9-24(10-8-23)33(42)39-15-12-28(13-16-39)41-30-5-3-2-4-29(30)38-34(41)43/h2-11,18-20,28H,12-17,21H2,1H3,(H,36,37)(H,38,43). The third kappa shape index (κ3) is 5.27. The molecular formula is C34H33ClN6O2. The van der Waals surface area contributed by atoms with Crippen molar-refractivity contribution < 1.29 is 4.79 Å². The molecule has 0 saturated carbocycles. The molecule has 0 atom stereocenters. The Morgan fingerprint density at radius 3 is 2.58 bits per heavy atom. The number of H-pyrrole nitrogens is 1. The van der Waals surface area contributed by atoms with Gasteiger partial charge in [-0.15, -0.1) is 0 Å². The fourth-order valence-corrected chi connectivity index (χ4v) is 6.54. The van der Waals surface area contributed by atoms with Crippen LogP contribution in [0, 0.1) is 6.92 Å². The van der Waals surface area contributed by atoms with E-state index in [2.05, 4.69) is 34.3 Å². The second-order valence-corrected chi connectivity index (χ2v) is 11.9. The fraction of sp³-hybridized carbons (Fsp3) is 0.265. The van der Waals surface area contributed by atoms with E-state index >= 15 is 0 Å². The lowest BCUT2D eigenvalue weighted by atomic mass is 10.0. The van der Waals surface area contributed by atoms with Crippen LogP contribution in [0.2, 0.25) is 5.02 Å². The number of piperidine rings is 1. The van der Waals surface area contributed by atoms with Gasteiger partial charge in [0, 0.05) is 61.1 Å². The van der Waals surface area contributed by atoms with Gasteiger partial charge in [0.05, 0.1) is 16.7 Å². The third-order valence-corrected chi connectivity index (χ3v) is 9.00. The zero-order chi connectivity index (χ0) is 29.5. The molecule has 8 nitrogen and oxygen atoms in total. The summed E-state index contributed by atoms with van der Waals surface area (Å²) in [5.41, 5.74) is 7.82. The van der Waals surface area contributed by atoms with E-state index in [9.17, 15) is 9.59 Å². The second-order valence-electron chi connectivity index (χ2n) is 11.4. The summed E-state index contributed by atoms with van der Waals surface area (Å²) >= 11 is 6.29. The van der Waals surface area contributed by atoms with Gasteiger partial charge in [-0.2, -0.15) is 0 Å². The molecule has 2 N–H and O–H groups in total. The quantitative estimate of drug-likeness (QED) is 0.251. The Morgan fingerprint density at radius 1 is 0.977 bits per heavy atom. The number of likely N-dealkylation sites (tertiary alicyclic amines) is 1. The number of hydrogen-bond acceptors (Lipinski definition) is 5. The number of carbonyl (C=O) groups excluding carboxylic acids is 1. The Kier molecular flexibility index (Phi) is 7.15. The number of benzene rings is 3. The minimum absolute atomic E-state index is 0.0205. The largest absolute Gasteiger partial charge is 0.367 e. The van der Waals surface area contributed by atoms with Crippen molar-refractivity contribution in [1.82, 2.24) is 19.4 Å². The van der Waals surface area contributed by atoms with Crippen molar-refractivity contribution in [3.63, 3.8) is 0 Å². The first-order valence-electron chi connectivity index (χ1n) is 14.8. The molecule has 2 aliphatic heterocycles. The highest BCUT2D eigenvalue weighted by molar-refractivity contribution is 6.30. The average molecular weight is 593 g/mol. The SMILES string of the molecule is Cc1ccc(Cl)cc1CN1CCNc2ncc(-c3ccc(C(=O)N4CCC(n5c(=O)[nH]c6ccccc65)CC4)cc3)cc21. The maximum atomic E-state index is 13.4. The van der Waals surface area contributed by atoms with Gasteiger partial charge in [-0.25, -0.2) is 9.78 Å². The number of imidazole rings is 1. The second kappa shape index (κ2) is 11.3. The van der Waals surface area contributed by atoms with Crippen LogP contribution < -0.4 is 15.9 Å². The van der Waals surface area contributed by atoms with Crippen molar-refractivity contribution in [2.45, 2.75) is 32.4 Å². The molecule has 0 aliphatic carbocycles. The molecule has 218 valence electrons. The Morgan fingerprint density at radius 2 is 1.77 bits per heavy atom. The summed E-state index contributed by atoms with van der Waals surface area (Å²) < 4.78 is 1.85. The summed E-state index contributed by atoms with van der Waals surface area (Å²) in [6.07, 6.45) is 3.37. The molecule has 0 radical (unpaired) electrons. The van der Waals surface area contributed by atoms with Crippen LogP contribution >= 0.6 is 11.6 Å². The van der Waals surface area contributed by atoms with Crippen LogP contribution in [-0.4, -0.2) is 51.5 Å². The molecule has 5 aromatic rings. The number of anilines is 2. The van der Waals surface area contributed by atoms with Crippen molar-refractivity contribution in [3.05, 3.63) is 111 Å². The monoisotopic (exact) mass is 592 g/mol. The summed E-state index contributed by atoms with van der Waals surface area (Å²) in [6, 6.07) is 23.8. The summed E-state index contributed by atoms with van der Waals surface area (Å²) in [5.74, 6) is 0.895. The lowest BCUT2D eigenvalue weighted by Gasteiger charge is -2.32. The molecule has 1 fully saturated rings. The molecule has 43 heavy (non-hydrogen) atoms. The normalized spacial score (nSPS) is 15.4. The summed E-state index contributed by atoms with van der Waals surface area (Å²) in [6.45, 7) is 5.78. The number of aromatic nitrogens is 3. The Balaban J connectivity index is 1.05. The molecule has 0 bridgehead atoms. The summed E-state index contributed by atoms with van der Waals surface area (Å²) in [4.78, 5) is 38.0. The van der Waals surface area contributed by atoms with Crippen molar-refractivity contribution in [2.75, 3.05) is 36.4 Å². The predicted molar refractivity (Wildman–Crippen MR) is 172 cm³/mol. The van der Waals surface area contributed by atoms with E-state index in [1.165, 1.54) is 11.1 Å². The van der Waals surface area contributed by atoms with Gasteiger partial charge in [0.2, 0.25) is 0 Å². The Labute approximate surface area is 254 Å². The van der Waals surface area contributed by atoms with Gasteiger partial charge in [-0.3, -0.25) is 9.36 Å². The highest BCUT2D eigenvalue weighted by atomic mass is 35.5. The summed E-state index contributed by atoms with van der Waals surface area (Å²) in [7, 11) is 0. The van der Waals surface area contributed by atoms with Crippen molar-refractivity contribution in [2.24, 2.45) is 0 Å². The van der Waals surface area contributed by atoms with Crippen LogP contribution in [0.5, 0.6) is 0 Å². The molecule has 2 aromatic heterocycles. The van der Waals surface area contributed by atoms with Crippen molar-refractivity contribution in [3.8, 4) is 11.1 Å². The molecule has 1 saturated heterocycles. The van der Waals surface area contributed by atoms with Gasteiger partial charge >= 0.3 is 5.69 Å². The number of hydrogen-bond donors (Lipinski definition) is 2. The number of nitrogens with one attached hydrogen (secondary N) is 2. The fourth-order valence-electron chi connectivity index (χ4n) is 6.35. The zero-order valence-electron chi connectivity index (χ0n) is 24.0. The lowest BCUT2D eigenvalue weighted by molar-refractivity contribution is 0.0695. The van der Waals surface area contributed by atoms with E-state index in [0.29, 0.717) is 18.7 Å². The molecule has 3 aromatic carbocycles. The van der Waals surface area contributed by atoms with E-state index in [-0.39, 0.29) is 17.6 Å². The number of para-hydroxylation sites is 2. The number of nitrogens with zero attached hydrogens (tertiary/aromatic N) is 4. The van der Waals surface area contributed by atoms with Crippen LogP contribution in [-0.2, 0) is 6.54 Å². The van der Waals surface area contributed by atoms with Gasteiger partial charge in [-0.1, -0.05) is 41.9 Å². The van der Waals surface area contributed by atoms with E-state index in [1.807, 2.05) is 76.3 Å². The molecule has 4 heterocycles. The molecule has 2 aliphatic rings. The molecule has 1 amide bonds.